The van der Waals surface area contributed by atoms with Gasteiger partial charge in [-0.05, 0) is 24.3 Å². The van der Waals surface area contributed by atoms with Crippen LogP contribution >= 0.6 is 0 Å². The van der Waals surface area contributed by atoms with Crippen molar-refractivity contribution in [2.24, 2.45) is 11.8 Å². The van der Waals surface area contributed by atoms with Crippen molar-refractivity contribution in [1.29, 1.82) is 0 Å². The van der Waals surface area contributed by atoms with Crippen LogP contribution in [0.4, 0.5) is 0 Å². The molecule has 3 aliphatic rings. The van der Waals surface area contributed by atoms with Crippen molar-refractivity contribution in [2.75, 3.05) is 0 Å². The molecule has 0 nitrogen and oxygen atoms in total. The van der Waals surface area contributed by atoms with Crippen LogP contribution < -0.4 is 0 Å². The second kappa shape index (κ2) is 3.13. The summed E-state index contributed by atoms with van der Waals surface area (Å²) in [5.74, 6) is 1.38. The fourth-order valence-corrected chi connectivity index (χ4v) is 2.64. The fourth-order valence-electron chi connectivity index (χ4n) is 2.64. The van der Waals surface area contributed by atoms with Crippen LogP contribution in [0.1, 0.15) is 12.8 Å². The van der Waals surface area contributed by atoms with Gasteiger partial charge in [0.05, 0.1) is 0 Å². The quantitative estimate of drug-likeness (QED) is 0.502. The largest absolute Gasteiger partial charge is 0.0876 e. The molecule has 3 aliphatic carbocycles. The van der Waals surface area contributed by atoms with E-state index in [4.69, 9.17) is 0 Å². The van der Waals surface area contributed by atoms with Gasteiger partial charge in [-0.3, -0.25) is 0 Å². The Hall–Kier alpha value is -1.30. The van der Waals surface area contributed by atoms with E-state index in [0.29, 0.717) is 5.92 Å². The number of hydrogen-bond acceptors (Lipinski definition) is 0. The van der Waals surface area contributed by atoms with Gasteiger partial charge in [-0.2, -0.15) is 0 Å². The molecule has 0 saturated heterocycles. The van der Waals surface area contributed by atoms with Crippen LogP contribution in [-0.4, -0.2) is 0 Å². The molecule has 0 aromatic heterocycles. The fraction of sp³-hybridized carbons (Fsp3) is 0.286. The van der Waals surface area contributed by atoms with E-state index in [9.17, 15) is 0 Å². The van der Waals surface area contributed by atoms with E-state index in [1.807, 2.05) is 0 Å². The van der Waals surface area contributed by atoms with E-state index in [0.717, 1.165) is 12.3 Å². The summed E-state index contributed by atoms with van der Waals surface area (Å²) in [6.45, 7) is 0. The van der Waals surface area contributed by atoms with Gasteiger partial charge in [0.25, 0.3) is 0 Å². The number of fused-ring (bicyclic) bond motifs is 3. The van der Waals surface area contributed by atoms with Gasteiger partial charge in [0.15, 0.2) is 0 Å². The Morgan fingerprint density at radius 2 is 2.07 bits per heavy atom. The van der Waals surface area contributed by atoms with Crippen molar-refractivity contribution < 1.29 is 0 Å². The van der Waals surface area contributed by atoms with Gasteiger partial charge in [-0.1, -0.05) is 54.2 Å². The highest BCUT2D eigenvalue weighted by atomic mass is 14.3. The van der Waals surface area contributed by atoms with Crippen LogP contribution in [0.3, 0.4) is 0 Å². The van der Waals surface area contributed by atoms with Gasteiger partial charge in [-0.25, -0.2) is 0 Å². The minimum Gasteiger partial charge on any atom is -0.0876 e. The van der Waals surface area contributed by atoms with Gasteiger partial charge in [0.2, 0.25) is 0 Å². The third-order valence-electron chi connectivity index (χ3n) is 3.41. The number of allylic oxidation sites excluding steroid dienone is 10. The molecule has 0 aromatic rings. The summed E-state index contributed by atoms with van der Waals surface area (Å²) in [7, 11) is 0. The summed E-state index contributed by atoms with van der Waals surface area (Å²) in [4.78, 5) is 0. The van der Waals surface area contributed by atoms with Crippen molar-refractivity contribution >= 4 is 0 Å². The third kappa shape index (κ3) is 1.14. The lowest BCUT2D eigenvalue weighted by molar-refractivity contribution is 0.491. The molecular weight excluding hydrogens is 168 g/mol. The topological polar surface area (TPSA) is 0 Å². The molecule has 0 radical (unpaired) electrons. The van der Waals surface area contributed by atoms with Crippen LogP contribution in [0.2, 0.25) is 0 Å². The first-order valence-electron chi connectivity index (χ1n) is 5.36. The summed E-state index contributed by atoms with van der Waals surface area (Å²) >= 11 is 0. The lowest BCUT2D eigenvalue weighted by Crippen LogP contribution is -2.21. The van der Waals surface area contributed by atoms with Gasteiger partial charge in [0.1, 0.15) is 0 Å². The lowest BCUT2D eigenvalue weighted by Gasteiger charge is -2.33. The first-order valence-corrected chi connectivity index (χ1v) is 5.36. The van der Waals surface area contributed by atoms with E-state index in [2.05, 4.69) is 48.6 Å². The van der Waals surface area contributed by atoms with Crippen molar-refractivity contribution in [3.63, 3.8) is 0 Å². The van der Waals surface area contributed by atoms with Gasteiger partial charge in [0, 0.05) is 5.92 Å². The Kier molecular flexibility index (Phi) is 1.80. The SMILES string of the molecule is C1=CC2=CC=C3CC=CCC3C2C=C1. The molecule has 0 bridgehead atoms. The van der Waals surface area contributed by atoms with E-state index >= 15 is 0 Å². The zero-order chi connectivity index (χ0) is 9.38. The second-order valence-corrected chi connectivity index (χ2v) is 4.20. The Bertz CT molecular complexity index is 388. The van der Waals surface area contributed by atoms with Gasteiger partial charge < -0.3 is 0 Å². The summed E-state index contributed by atoms with van der Waals surface area (Å²) < 4.78 is 0. The molecule has 0 heterocycles. The van der Waals surface area contributed by atoms with Gasteiger partial charge in [-0.15, -0.1) is 0 Å². The molecule has 0 N–H and O–H groups in total. The summed E-state index contributed by atoms with van der Waals surface area (Å²) in [6.07, 6.45) is 20.5. The predicted molar refractivity (Wildman–Crippen MR) is 59.8 cm³/mol. The highest BCUT2D eigenvalue weighted by Gasteiger charge is 2.28. The molecule has 0 amide bonds. The molecule has 14 heavy (non-hydrogen) atoms. The molecule has 2 atom stereocenters. The lowest BCUT2D eigenvalue weighted by atomic mass is 9.71. The highest BCUT2D eigenvalue weighted by molar-refractivity contribution is 5.43. The number of rotatable bonds is 0. The molecule has 0 fully saturated rings. The first-order chi connectivity index (χ1) is 6.95. The van der Waals surface area contributed by atoms with Crippen LogP contribution in [0, 0.1) is 11.8 Å². The molecule has 0 aliphatic heterocycles. The van der Waals surface area contributed by atoms with E-state index < -0.39 is 0 Å². The predicted octanol–water partition coefficient (Wildman–Crippen LogP) is 3.56. The van der Waals surface area contributed by atoms with E-state index in [1.165, 1.54) is 12.0 Å². The molecule has 70 valence electrons. The Balaban J connectivity index is 2.02. The normalized spacial score (nSPS) is 33.1. The first kappa shape index (κ1) is 8.05. The van der Waals surface area contributed by atoms with Gasteiger partial charge >= 0.3 is 0 Å². The second-order valence-electron chi connectivity index (χ2n) is 4.20. The molecule has 2 unspecified atom stereocenters. The minimum atomic E-state index is 0.643. The molecular formula is C14H14. The van der Waals surface area contributed by atoms with Crippen LogP contribution in [0.15, 0.2) is 59.8 Å². The van der Waals surface area contributed by atoms with Crippen LogP contribution in [0.5, 0.6) is 0 Å². The maximum absolute atomic E-state index is 2.35. The highest BCUT2D eigenvalue weighted by Crippen LogP contribution is 2.40. The van der Waals surface area contributed by atoms with Crippen LogP contribution in [-0.2, 0) is 0 Å². The molecule has 0 heteroatoms. The van der Waals surface area contributed by atoms with Crippen molar-refractivity contribution in [3.05, 3.63) is 59.8 Å². The third-order valence-corrected chi connectivity index (χ3v) is 3.41. The standard InChI is InChI=1S/C14H14/c1-3-7-13-11(5-1)9-10-12-6-2-4-8-14(12)13/h1-5,7,9-10,13-14H,6,8H2. The maximum Gasteiger partial charge on any atom is 0.00897 e. The average Bonchev–Trinajstić information content (AvgIpc) is 2.29. The zero-order valence-corrected chi connectivity index (χ0v) is 8.19. The van der Waals surface area contributed by atoms with E-state index in [1.54, 1.807) is 5.57 Å². The van der Waals surface area contributed by atoms with Crippen molar-refractivity contribution in [2.45, 2.75) is 12.8 Å². The van der Waals surface area contributed by atoms with Crippen LogP contribution in [0.25, 0.3) is 0 Å². The maximum atomic E-state index is 2.35. The Morgan fingerprint density at radius 1 is 1.07 bits per heavy atom. The zero-order valence-electron chi connectivity index (χ0n) is 8.19. The number of hydrogen-bond donors (Lipinski definition) is 0. The molecule has 3 rings (SSSR count). The average molecular weight is 182 g/mol. The Morgan fingerprint density at radius 3 is 3.07 bits per heavy atom. The Labute approximate surface area is 85.0 Å². The molecule has 0 aromatic carbocycles. The summed E-state index contributed by atoms with van der Waals surface area (Å²) in [5, 5.41) is 0. The summed E-state index contributed by atoms with van der Waals surface area (Å²) in [6, 6.07) is 0. The van der Waals surface area contributed by atoms with Crippen molar-refractivity contribution in [1.82, 2.24) is 0 Å². The molecule has 0 spiro atoms. The minimum absolute atomic E-state index is 0.643. The monoisotopic (exact) mass is 182 g/mol. The molecule has 0 saturated carbocycles. The van der Waals surface area contributed by atoms with Crippen molar-refractivity contribution in [3.8, 4) is 0 Å². The van der Waals surface area contributed by atoms with E-state index in [-0.39, 0.29) is 0 Å². The summed E-state index contributed by atoms with van der Waals surface area (Å²) in [5.41, 5.74) is 3.10. The smallest absolute Gasteiger partial charge is 0.00897 e.